The molecule has 0 heterocycles. The molecule has 1 rings (SSSR count). The fourth-order valence-corrected chi connectivity index (χ4v) is 1.26. The van der Waals surface area contributed by atoms with Crippen LogP contribution in [-0.4, -0.2) is 5.91 Å². The molecule has 2 N–H and O–H groups in total. The molecule has 1 aromatic carbocycles. The second-order valence-electron chi connectivity index (χ2n) is 3.23. The molecule has 0 unspecified atom stereocenters. The average molecular weight is 189 g/mol. The number of hydrogen-bond acceptors (Lipinski definition) is 1. The summed E-state index contributed by atoms with van der Waals surface area (Å²) in [5, 5.41) is 0. The van der Waals surface area contributed by atoms with Crippen molar-refractivity contribution in [3.05, 3.63) is 41.5 Å². The van der Waals surface area contributed by atoms with Crippen molar-refractivity contribution in [1.29, 1.82) is 0 Å². The summed E-state index contributed by atoms with van der Waals surface area (Å²) in [5.74, 6) is -0.414. The van der Waals surface area contributed by atoms with Gasteiger partial charge in [0.15, 0.2) is 0 Å². The van der Waals surface area contributed by atoms with Crippen molar-refractivity contribution >= 4 is 12.0 Å². The van der Waals surface area contributed by atoms with Crippen LogP contribution in [0.4, 0.5) is 0 Å². The van der Waals surface area contributed by atoms with Crippen LogP contribution in [0.1, 0.15) is 24.5 Å². The predicted octanol–water partition coefficient (Wildman–Crippen LogP) is 2.14. The zero-order valence-corrected chi connectivity index (χ0v) is 8.36. The monoisotopic (exact) mass is 189 g/mol. The van der Waals surface area contributed by atoms with Gasteiger partial charge < -0.3 is 5.73 Å². The molecule has 0 saturated carbocycles. The third-order valence-corrected chi connectivity index (χ3v) is 1.96. The summed E-state index contributed by atoms with van der Waals surface area (Å²) < 4.78 is 0. The van der Waals surface area contributed by atoms with Crippen LogP contribution in [0, 0.1) is 0 Å². The smallest absolute Gasteiger partial charge is 0.241 e. The Bertz CT molecular complexity index is 325. The Kier molecular flexibility index (Phi) is 3.92. The Morgan fingerprint density at radius 1 is 1.36 bits per heavy atom. The highest BCUT2D eigenvalue weighted by atomic mass is 16.1. The quantitative estimate of drug-likeness (QED) is 0.724. The lowest BCUT2D eigenvalue weighted by molar-refractivity contribution is -0.113. The maximum Gasteiger partial charge on any atom is 0.241 e. The maximum absolute atomic E-state index is 10.5. The van der Waals surface area contributed by atoms with Crippen LogP contribution in [0.3, 0.4) is 0 Å². The summed E-state index contributed by atoms with van der Waals surface area (Å²) in [4.78, 5) is 10.5. The first kappa shape index (κ1) is 10.5. The number of aryl methyl sites for hydroxylation is 1. The Balaban J connectivity index is 2.68. The minimum atomic E-state index is -0.414. The first-order valence-corrected chi connectivity index (χ1v) is 4.79. The molecule has 2 heteroatoms. The van der Waals surface area contributed by atoms with Gasteiger partial charge in [-0.25, -0.2) is 0 Å². The summed E-state index contributed by atoms with van der Waals surface area (Å²) in [6.07, 6.45) is 5.34. The van der Waals surface area contributed by atoms with Crippen LogP contribution in [0.25, 0.3) is 6.08 Å². The Morgan fingerprint density at radius 3 is 2.50 bits per heavy atom. The molecule has 1 amide bonds. The SMILES string of the molecule is CCCc1ccc(C=CC(N)=O)cc1. The normalized spacial score (nSPS) is 10.6. The lowest BCUT2D eigenvalue weighted by Crippen LogP contribution is -2.05. The molecule has 0 spiro atoms. The number of amides is 1. The molecule has 0 aliphatic rings. The minimum absolute atomic E-state index is 0.414. The van der Waals surface area contributed by atoms with Crippen molar-refractivity contribution in [2.45, 2.75) is 19.8 Å². The molecular weight excluding hydrogens is 174 g/mol. The highest BCUT2D eigenvalue weighted by molar-refractivity contribution is 5.90. The highest BCUT2D eigenvalue weighted by Gasteiger charge is 1.91. The lowest BCUT2D eigenvalue weighted by Gasteiger charge is -1.98. The molecule has 0 saturated heterocycles. The summed E-state index contributed by atoms with van der Waals surface area (Å²) in [6.45, 7) is 2.15. The third kappa shape index (κ3) is 3.44. The molecule has 0 bridgehead atoms. The van der Waals surface area contributed by atoms with Gasteiger partial charge in [-0.1, -0.05) is 37.6 Å². The number of nitrogens with two attached hydrogens (primary N) is 1. The largest absolute Gasteiger partial charge is 0.366 e. The Labute approximate surface area is 84.4 Å². The topological polar surface area (TPSA) is 43.1 Å². The number of benzene rings is 1. The van der Waals surface area contributed by atoms with Gasteiger partial charge in [-0.05, 0) is 23.6 Å². The van der Waals surface area contributed by atoms with Crippen LogP contribution in [0.15, 0.2) is 30.3 Å². The number of carbonyl (C=O) groups is 1. The van der Waals surface area contributed by atoms with E-state index >= 15 is 0 Å². The van der Waals surface area contributed by atoms with Crippen LogP contribution in [0.5, 0.6) is 0 Å². The molecule has 0 aliphatic carbocycles. The van der Waals surface area contributed by atoms with Gasteiger partial charge in [0.1, 0.15) is 0 Å². The van der Waals surface area contributed by atoms with Gasteiger partial charge in [0.25, 0.3) is 0 Å². The standard InChI is InChI=1S/C12H15NO/c1-2-3-10-4-6-11(7-5-10)8-9-12(13)14/h4-9H,2-3H2,1H3,(H2,13,14). The van der Waals surface area contributed by atoms with Gasteiger partial charge in [0.2, 0.25) is 5.91 Å². The maximum atomic E-state index is 10.5. The molecule has 2 nitrogen and oxygen atoms in total. The molecule has 0 fully saturated rings. The van der Waals surface area contributed by atoms with Crippen molar-refractivity contribution < 1.29 is 4.79 Å². The second kappa shape index (κ2) is 5.22. The van der Waals surface area contributed by atoms with E-state index in [0.717, 1.165) is 18.4 Å². The minimum Gasteiger partial charge on any atom is -0.366 e. The van der Waals surface area contributed by atoms with Crippen LogP contribution < -0.4 is 5.73 Å². The van der Waals surface area contributed by atoms with Crippen molar-refractivity contribution in [1.82, 2.24) is 0 Å². The third-order valence-electron chi connectivity index (χ3n) is 1.96. The van der Waals surface area contributed by atoms with E-state index in [-0.39, 0.29) is 0 Å². The van der Waals surface area contributed by atoms with Gasteiger partial charge >= 0.3 is 0 Å². The van der Waals surface area contributed by atoms with Crippen LogP contribution in [0.2, 0.25) is 0 Å². The molecule has 0 atom stereocenters. The van der Waals surface area contributed by atoms with Gasteiger partial charge in [0, 0.05) is 6.08 Å². The fraction of sp³-hybridized carbons (Fsp3) is 0.250. The van der Waals surface area contributed by atoms with Crippen molar-refractivity contribution in [3.63, 3.8) is 0 Å². The van der Waals surface area contributed by atoms with E-state index in [4.69, 9.17) is 5.73 Å². The van der Waals surface area contributed by atoms with Gasteiger partial charge in [0.05, 0.1) is 0 Å². The summed E-state index contributed by atoms with van der Waals surface area (Å²) >= 11 is 0. The van der Waals surface area contributed by atoms with Crippen LogP contribution >= 0.6 is 0 Å². The average Bonchev–Trinajstić information content (AvgIpc) is 2.17. The summed E-state index contributed by atoms with van der Waals surface area (Å²) in [7, 11) is 0. The molecular formula is C12H15NO. The molecule has 0 aromatic heterocycles. The van der Waals surface area contributed by atoms with E-state index in [1.165, 1.54) is 11.6 Å². The zero-order chi connectivity index (χ0) is 10.4. The summed E-state index contributed by atoms with van der Waals surface area (Å²) in [5.41, 5.74) is 7.32. The number of hydrogen-bond donors (Lipinski definition) is 1. The van der Waals surface area contributed by atoms with Crippen molar-refractivity contribution in [3.8, 4) is 0 Å². The first-order valence-electron chi connectivity index (χ1n) is 4.79. The second-order valence-corrected chi connectivity index (χ2v) is 3.23. The summed E-state index contributed by atoms with van der Waals surface area (Å²) in [6, 6.07) is 8.13. The Hall–Kier alpha value is -1.57. The fourth-order valence-electron chi connectivity index (χ4n) is 1.26. The number of primary amides is 1. The molecule has 74 valence electrons. The van der Waals surface area contributed by atoms with E-state index < -0.39 is 5.91 Å². The Morgan fingerprint density at radius 2 is 2.00 bits per heavy atom. The van der Waals surface area contributed by atoms with Crippen molar-refractivity contribution in [2.75, 3.05) is 0 Å². The number of rotatable bonds is 4. The zero-order valence-electron chi connectivity index (χ0n) is 8.36. The van der Waals surface area contributed by atoms with Crippen LogP contribution in [-0.2, 0) is 11.2 Å². The van der Waals surface area contributed by atoms with E-state index in [0.29, 0.717) is 0 Å². The molecule has 0 aliphatic heterocycles. The first-order chi connectivity index (χ1) is 6.72. The van der Waals surface area contributed by atoms with E-state index in [1.807, 2.05) is 12.1 Å². The van der Waals surface area contributed by atoms with Gasteiger partial charge in [-0.2, -0.15) is 0 Å². The predicted molar refractivity (Wildman–Crippen MR) is 58.7 cm³/mol. The van der Waals surface area contributed by atoms with E-state index in [9.17, 15) is 4.79 Å². The van der Waals surface area contributed by atoms with Crippen molar-refractivity contribution in [2.24, 2.45) is 5.73 Å². The number of carbonyl (C=O) groups excluding carboxylic acids is 1. The molecule has 1 aromatic rings. The van der Waals surface area contributed by atoms with Gasteiger partial charge in [-0.15, -0.1) is 0 Å². The van der Waals surface area contributed by atoms with E-state index in [2.05, 4.69) is 19.1 Å². The lowest BCUT2D eigenvalue weighted by atomic mass is 10.1. The molecule has 0 radical (unpaired) electrons. The molecule has 14 heavy (non-hydrogen) atoms. The highest BCUT2D eigenvalue weighted by Crippen LogP contribution is 2.07. The van der Waals surface area contributed by atoms with E-state index in [1.54, 1.807) is 6.08 Å². The van der Waals surface area contributed by atoms with Gasteiger partial charge in [-0.3, -0.25) is 4.79 Å².